The molecule has 1 aliphatic carbocycles. The van der Waals surface area contributed by atoms with Gasteiger partial charge in [0.05, 0.1) is 5.92 Å². The van der Waals surface area contributed by atoms with Gasteiger partial charge < -0.3 is 9.64 Å². The number of nitrogens with zero attached hydrogens (tertiary/aromatic N) is 1. The van der Waals surface area contributed by atoms with Crippen LogP contribution in [0.2, 0.25) is 0 Å². The molecular weight excluding hydrogens is 290 g/mol. The predicted molar refractivity (Wildman–Crippen MR) is 90.8 cm³/mol. The first kappa shape index (κ1) is 18.3. The van der Waals surface area contributed by atoms with E-state index in [2.05, 4.69) is 27.7 Å². The van der Waals surface area contributed by atoms with E-state index in [0.29, 0.717) is 17.3 Å². The summed E-state index contributed by atoms with van der Waals surface area (Å²) in [5.74, 6) is 1.02. The Morgan fingerprint density at radius 1 is 1.09 bits per heavy atom. The molecule has 23 heavy (non-hydrogen) atoms. The van der Waals surface area contributed by atoms with Gasteiger partial charge in [-0.3, -0.25) is 9.59 Å². The van der Waals surface area contributed by atoms with Crippen molar-refractivity contribution in [2.75, 3.05) is 19.7 Å². The number of amides is 1. The quantitative estimate of drug-likeness (QED) is 0.745. The molecule has 1 aliphatic heterocycles. The smallest absolute Gasteiger partial charge is 0.309 e. The molecule has 1 amide bonds. The summed E-state index contributed by atoms with van der Waals surface area (Å²) >= 11 is 0. The van der Waals surface area contributed by atoms with E-state index in [1.165, 1.54) is 6.42 Å². The topological polar surface area (TPSA) is 46.6 Å². The van der Waals surface area contributed by atoms with Gasteiger partial charge in [-0.2, -0.15) is 0 Å². The largest absolute Gasteiger partial charge is 0.455 e. The number of ether oxygens (including phenoxy) is 1. The molecular formula is C19H33NO3. The Balaban J connectivity index is 1.72. The van der Waals surface area contributed by atoms with E-state index in [1.807, 2.05) is 4.90 Å². The number of likely N-dealkylation sites (tertiary alicyclic amines) is 1. The fraction of sp³-hybridized carbons (Fsp3) is 0.895. The lowest BCUT2D eigenvalue weighted by Gasteiger charge is -2.36. The standard InChI is InChI=1S/C19H33NO3/c1-14-6-5-11-20(12-14)17(21)13-23-18(22)15-7-9-16(10-8-15)19(2,3)4/h14-16H,5-13H2,1-4H3. The minimum Gasteiger partial charge on any atom is -0.455 e. The zero-order valence-electron chi connectivity index (χ0n) is 15.3. The highest BCUT2D eigenvalue weighted by Crippen LogP contribution is 2.40. The van der Waals surface area contributed by atoms with Crippen molar-refractivity contribution >= 4 is 11.9 Å². The van der Waals surface area contributed by atoms with Crippen molar-refractivity contribution in [2.24, 2.45) is 23.2 Å². The highest BCUT2D eigenvalue weighted by atomic mass is 16.5. The van der Waals surface area contributed by atoms with E-state index in [4.69, 9.17) is 4.74 Å². The Kier molecular flexibility index (Phi) is 6.10. The molecule has 2 rings (SSSR count). The monoisotopic (exact) mass is 323 g/mol. The Morgan fingerprint density at radius 2 is 1.74 bits per heavy atom. The minimum absolute atomic E-state index is 0.0123. The van der Waals surface area contributed by atoms with Crippen LogP contribution in [0.25, 0.3) is 0 Å². The third-order valence-electron chi connectivity index (χ3n) is 5.63. The number of rotatable bonds is 3. The van der Waals surface area contributed by atoms with Crippen molar-refractivity contribution in [3.63, 3.8) is 0 Å². The van der Waals surface area contributed by atoms with Gasteiger partial charge in [0.2, 0.25) is 0 Å². The molecule has 1 unspecified atom stereocenters. The molecule has 0 aromatic carbocycles. The summed E-state index contributed by atoms with van der Waals surface area (Å²) in [5, 5.41) is 0. The molecule has 132 valence electrons. The SMILES string of the molecule is CC1CCCN(C(=O)COC(=O)C2CCC(C(C)(C)C)CC2)C1. The van der Waals surface area contributed by atoms with E-state index in [1.54, 1.807) is 0 Å². The summed E-state index contributed by atoms with van der Waals surface area (Å²) in [6.45, 7) is 10.5. The molecule has 1 saturated heterocycles. The van der Waals surface area contributed by atoms with E-state index in [0.717, 1.165) is 45.2 Å². The first-order valence-electron chi connectivity index (χ1n) is 9.21. The van der Waals surface area contributed by atoms with Gasteiger partial charge in [0.15, 0.2) is 6.61 Å². The van der Waals surface area contributed by atoms with Crippen molar-refractivity contribution in [1.29, 1.82) is 0 Å². The van der Waals surface area contributed by atoms with Crippen molar-refractivity contribution in [3.8, 4) is 0 Å². The van der Waals surface area contributed by atoms with Gasteiger partial charge in [-0.05, 0) is 55.8 Å². The predicted octanol–water partition coefficient (Wildman–Crippen LogP) is 3.64. The van der Waals surface area contributed by atoms with Crippen molar-refractivity contribution in [2.45, 2.75) is 66.2 Å². The first-order valence-corrected chi connectivity index (χ1v) is 9.21. The third-order valence-corrected chi connectivity index (χ3v) is 5.63. The highest BCUT2D eigenvalue weighted by Gasteiger charge is 2.33. The van der Waals surface area contributed by atoms with Crippen LogP contribution in [-0.4, -0.2) is 36.5 Å². The van der Waals surface area contributed by atoms with E-state index < -0.39 is 0 Å². The van der Waals surface area contributed by atoms with Crippen LogP contribution in [0.15, 0.2) is 0 Å². The molecule has 4 nitrogen and oxygen atoms in total. The number of carbonyl (C=O) groups is 2. The maximum atomic E-state index is 12.2. The van der Waals surface area contributed by atoms with Gasteiger partial charge >= 0.3 is 5.97 Å². The summed E-state index contributed by atoms with van der Waals surface area (Å²) in [6, 6.07) is 0. The van der Waals surface area contributed by atoms with Crippen LogP contribution in [-0.2, 0) is 14.3 Å². The first-order chi connectivity index (χ1) is 10.8. The van der Waals surface area contributed by atoms with Crippen LogP contribution in [0.1, 0.15) is 66.2 Å². The fourth-order valence-electron chi connectivity index (χ4n) is 3.95. The van der Waals surface area contributed by atoms with Crippen molar-refractivity contribution in [3.05, 3.63) is 0 Å². The maximum Gasteiger partial charge on any atom is 0.309 e. The maximum absolute atomic E-state index is 12.2. The van der Waals surface area contributed by atoms with Crippen LogP contribution in [0.5, 0.6) is 0 Å². The molecule has 0 aromatic heterocycles. The number of hydrogen-bond donors (Lipinski definition) is 0. The number of carbonyl (C=O) groups excluding carboxylic acids is 2. The Hall–Kier alpha value is -1.06. The molecule has 2 fully saturated rings. The summed E-state index contributed by atoms with van der Waals surface area (Å²) in [7, 11) is 0. The fourth-order valence-corrected chi connectivity index (χ4v) is 3.95. The lowest BCUT2D eigenvalue weighted by molar-refractivity contribution is -0.157. The van der Waals surface area contributed by atoms with Gasteiger partial charge in [-0.25, -0.2) is 0 Å². The molecule has 0 aromatic rings. The van der Waals surface area contributed by atoms with E-state index in [9.17, 15) is 9.59 Å². The number of esters is 1. The lowest BCUT2D eigenvalue weighted by atomic mass is 9.70. The number of piperidine rings is 1. The minimum atomic E-state index is -0.171. The van der Waals surface area contributed by atoms with Crippen LogP contribution in [0.3, 0.4) is 0 Å². The second kappa shape index (κ2) is 7.67. The van der Waals surface area contributed by atoms with Crippen LogP contribution < -0.4 is 0 Å². The van der Waals surface area contributed by atoms with Crippen LogP contribution >= 0.6 is 0 Å². The molecule has 0 spiro atoms. The summed E-state index contributed by atoms with van der Waals surface area (Å²) in [5.41, 5.74) is 0.315. The zero-order chi connectivity index (χ0) is 17.0. The second-order valence-corrected chi connectivity index (χ2v) is 8.61. The van der Waals surface area contributed by atoms with E-state index >= 15 is 0 Å². The van der Waals surface area contributed by atoms with Gasteiger partial charge in [0.25, 0.3) is 5.91 Å². The molecule has 1 atom stereocenters. The Labute approximate surface area is 140 Å². The van der Waals surface area contributed by atoms with Gasteiger partial charge in [0, 0.05) is 13.1 Å². The van der Waals surface area contributed by atoms with Gasteiger partial charge in [0.1, 0.15) is 0 Å². The van der Waals surface area contributed by atoms with E-state index in [-0.39, 0.29) is 24.4 Å². The normalized spacial score (nSPS) is 29.2. The van der Waals surface area contributed by atoms with Gasteiger partial charge in [-0.15, -0.1) is 0 Å². The van der Waals surface area contributed by atoms with Crippen LogP contribution in [0, 0.1) is 23.2 Å². The summed E-state index contributed by atoms with van der Waals surface area (Å²) in [4.78, 5) is 26.2. The molecule has 0 N–H and O–H groups in total. The van der Waals surface area contributed by atoms with Crippen molar-refractivity contribution in [1.82, 2.24) is 4.90 Å². The third kappa shape index (κ3) is 5.22. The number of hydrogen-bond acceptors (Lipinski definition) is 3. The molecule has 0 bridgehead atoms. The molecule has 1 saturated carbocycles. The van der Waals surface area contributed by atoms with Gasteiger partial charge in [-0.1, -0.05) is 27.7 Å². The molecule has 0 radical (unpaired) electrons. The highest BCUT2D eigenvalue weighted by molar-refractivity contribution is 5.81. The van der Waals surface area contributed by atoms with Crippen molar-refractivity contribution < 1.29 is 14.3 Å². The lowest BCUT2D eigenvalue weighted by Crippen LogP contribution is -2.41. The average Bonchev–Trinajstić information content (AvgIpc) is 2.51. The zero-order valence-corrected chi connectivity index (χ0v) is 15.3. The summed E-state index contributed by atoms with van der Waals surface area (Å²) in [6.07, 6.45) is 6.20. The molecule has 2 aliphatic rings. The second-order valence-electron chi connectivity index (χ2n) is 8.61. The Bertz CT molecular complexity index is 419. The summed E-state index contributed by atoms with van der Waals surface area (Å²) < 4.78 is 5.32. The van der Waals surface area contributed by atoms with Crippen LogP contribution in [0.4, 0.5) is 0 Å². The molecule has 4 heteroatoms. The average molecular weight is 323 g/mol. The Morgan fingerprint density at radius 3 is 2.30 bits per heavy atom. The molecule has 1 heterocycles.